The lowest BCUT2D eigenvalue weighted by Gasteiger charge is -2.39. The van der Waals surface area contributed by atoms with Crippen molar-refractivity contribution in [3.05, 3.63) is 0 Å². The number of carbonyl (C=O) groups is 1. The van der Waals surface area contributed by atoms with E-state index < -0.39 is 5.97 Å². The lowest BCUT2D eigenvalue weighted by atomic mass is 9.95. The molecule has 21 heavy (non-hydrogen) atoms. The minimum atomic E-state index is -0.659. The van der Waals surface area contributed by atoms with Gasteiger partial charge in [0.15, 0.2) is 0 Å². The number of nitrogens with zero attached hydrogens (tertiary/aromatic N) is 1. The topological polar surface area (TPSA) is 52.6 Å². The van der Waals surface area contributed by atoms with Crippen molar-refractivity contribution in [3.8, 4) is 0 Å². The third-order valence-electron chi connectivity index (χ3n) is 5.11. The van der Waals surface area contributed by atoms with Gasteiger partial charge in [0, 0.05) is 25.7 Å². The van der Waals surface area contributed by atoms with Crippen LogP contribution in [0.5, 0.6) is 0 Å². The van der Waals surface area contributed by atoms with Crippen molar-refractivity contribution in [1.82, 2.24) is 10.2 Å². The molecule has 0 aromatic heterocycles. The summed E-state index contributed by atoms with van der Waals surface area (Å²) in [6.45, 7) is 2.42. The van der Waals surface area contributed by atoms with E-state index in [1.54, 1.807) is 0 Å². The van der Waals surface area contributed by atoms with Gasteiger partial charge in [-0.05, 0) is 12.8 Å². The first-order chi connectivity index (χ1) is 10.3. The fourth-order valence-electron chi connectivity index (χ4n) is 3.86. The van der Waals surface area contributed by atoms with Crippen LogP contribution in [0.25, 0.3) is 0 Å². The minimum absolute atomic E-state index is 0.323. The Bertz CT molecular complexity index is 297. The second kappa shape index (κ2) is 9.42. The highest BCUT2D eigenvalue weighted by molar-refractivity contribution is 5.74. The molecule has 0 amide bonds. The van der Waals surface area contributed by atoms with E-state index in [1.807, 2.05) is 0 Å². The predicted molar refractivity (Wildman–Crippen MR) is 85.6 cm³/mol. The van der Waals surface area contributed by atoms with Gasteiger partial charge in [-0.2, -0.15) is 0 Å². The lowest BCUT2D eigenvalue weighted by Crippen LogP contribution is -2.58. The zero-order valence-corrected chi connectivity index (χ0v) is 13.4. The third kappa shape index (κ3) is 5.59. The Morgan fingerprint density at radius 1 is 0.905 bits per heavy atom. The summed E-state index contributed by atoms with van der Waals surface area (Å²) in [4.78, 5) is 13.8. The number of hydrogen-bond donors (Lipinski definition) is 2. The van der Waals surface area contributed by atoms with Gasteiger partial charge in [0.1, 0.15) is 6.04 Å². The number of aliphatic carboxylic acids is 1. The number of carboxylic acid groups (broad SMARTS) is 1. The van der Waals surface area contributed by atoms with Crippen LogP contribution in [0.15, 0.2) is 0 Å². The number of piperazine rings is 1. The fourth-order valence-corrected chi connectivity index (χ4v) is 3.86. The van der Waals surface area contributed by atoms with Crippen molar-refractivity contribution in [1.29, 1.82) is 0 Å². The maximum absolute atomic E-state index is 11.5. The molecule has 0 aromatic carbocycles. The van der Waals surface area contributed by atoms with E-state index >= 15 is 0 Å². The Labute approximate surface area is 129 Å². The highest BCUT2D eigenvalue weighted by Gasteiger charge is 2.32. The van der Waals surface area contributed by atoms with E-state index in [0.29, 0.717) is 12.6 Å². The largest absolute Gasteiger partial charge is 0.480 e. The molecule has 2 aliphatic rings. The van der Waals surface area contributed by atoms with Crippen LogP contribution >= 0.6 is 0 Å². The lowest BCUT2D eigenvalue weighted by molar-refractivity contribution is -0.145. The van der Waals surface area contributed by atoms with Gasteiger partial charge < -0.3 is 10.4 Å². The molecule has 2 fully saturated rings. The number of nitrogens with one attached hydrogen (secondary N) is 1. The Balaban J connectivity index is 1.92. The average Bonchev–Trinajstić information content (AvgIpc) is 2.48. The summed E-state index contributed by atoms with van der Waals surface area (Å²) in [5.74, 6) is -0.659. The highest BCUT2D eigenvalue weighted by atomic mass is 16.4. The first-order valence-electron chi connectivity index (χ1n) is 8.98. The molecule has 1 aliphatic heterocycles. The molecule has 0 spiro atoms. The maximum Gasteiger partial charge on any atom is 0.322 e. The summed E-state index contributed by atoms with van der Waals surface area (Å²) in [6, 6.07) is 0.157. The first kappa shape index (κ1) is 16.8. The summed E-state index contributed by atoms with van der Waals surface area (Å²) in [5.41, 5.74) is 0. The van der Waals surface area contributed by atoms with Crippen LogP contribution in [0.1, 0.15) is 70.6 Å². The van der Waals surface area contributed by atoms with Crippen LogP contribution in [0.2, 0.25) is 0 Å². The van der Waals surface area contributed by atoms with E-state index in [-0.39, 0.29) is 6.04 Å². The third-order valence-corrected chi connectivity index (χ3v) is 5.11. The molecule has 4 nitrogen and oxygen atoms in total. The molecule has 2 N–H and O–H groups in total. The van der Waals surface area contributed by atoms with Gasteiger partial charge in [-0.25, -0.2) is 0 Å². The summed E-state index contributed by atoms with van der Waals surface area (Å²) in [6.07, 6.45) is 14.4. The van der Waals surface area contributed by atoms with Crippen molar-refractivity contribution in [3.63, 3.8) is 0 Å². The fraction of sp³-hybridized carbons (Fsp3) is 0.941. The van der Waals surface area contributed by atoms with Crippen molar-refractivity contribution >= 4 is 5.97 Å². The SMILES string of the molecule is O=C(O)C1CNCCN1C1CCCCCCCCCCC1. The first-order valence-corrected chi connectivity index (χ1v) is 8.98. The van der Waals surface area contributed by atoms with Crippen LogP contribution in [-0.2, 0) is 4.79 Å². The zero-order chi connectivity index (χ0) is 14.9. The number of carboxylic acids is 1. The smallest absolute Gasteiger partial charge is 0.322 e. The second-order valence-corrected chi connectivity index (χ2v) is 6.71. The van der Waals surface area contributed by atoms with E-state index in [1.165, 1.54) is 70.6 Å². The zero-order valence-electron chi connectivity index (χ0n) is 13.4. The molecule has 122 valence electrons. The van der Waals surface area contributed by atoms with Gasteiger partial charge in [-0.1, -0.05) is 57.8 Å². The van der Waals surface area contributed by atoms with E-state index in [9.17, 15) is 9.90 Å². The van der Waals surface area contributed by atoms with E-state index in [0.717, 1.165) is 13.1 Å². The van der Waals surface area contributed by atoms with Gasteiger partial charge >= 0.3 is 5.97 Å². The highest BCUT2D eigenvalue weighted by Crippen LogP contribution is 2.22. The molecule has 4 heteroatoms. The van der Waals surface area contributed by atoms with Crippen molar-refractivity contribution in [2.75, 3.05) is 19.6 Å². The van der Waals surface area contributed by atoms with Gasteiger partial charge in [-0.3, -0.25) is 9.69 Å². The van der Waals surface area contributed by atoms with Crippen LogP contribution in [0, 0.1) is 0 Å². The van der Waals surface area contributed by atoms with Crippen LogP contribution in [0.4, 0.5) is 0 Å². The standard InChI is InChI=1S/C17H32N2O2/c20-17(21)16-14-18-12-13-19(16)15-10-8-6-4-2-1-3-5-7-9-11-15/h15-16,18H,1-14H2,(H,20,21). The van der Waals surface area contributed by atoms with Crippen molar-refractivity contribution in [2.45, 2.75) is 82.7 Å². The molecular weight excluding hydrogens is 264 g/mol. The van der Waals surface area contributed by atoms with Crippen molar-refractivity contribution in [2.24, 2.45) is 0 Å². The Hall–Kier alpha value is -0.610. The molecule has 0 radical (unpaired) electrons. The molecule has 1 saturated heterocycles. The van der Waals surface area contributed by atoms with Gasteiger partial charge in [0.2, 0.25) is 0 Å². The maximum atomic E-state index is 11.5. The van der Waals surface area contributed by atoms with Gasteiger partial charge in [-0.15, -0.1) is 0 Å². The second-order valence-electron chi connectivity index (χ2n) is 6.71. The van der Waals surface area contributed by atoms with Gasteiger partial charge in [0.25, 0.3) is 0 Å². The predicted octanol–water partition coefficient (Wildman–Crippen LogP) is 3.02. The summed E-state index contributed by atoms with van der Waals surface area (Å²) < 4.78 is 0. The molecule has 2 rings (SSSR count). The van der Waals surface area contributed by atoms with E-state index in [4.69, 9.17) is 0 Å². The molecule has 1 aliphatic carbocycles. The normalized spacial score (nSPS) is 28.5. The van der Waals surface area contributed by atoms with Crippen LogP contribution < -0.4 is 5.32 Å². The van der Waals surface area contributed by atoms with Crippen LogP contribution in [-0.4, -0.2) is 47.7 Å². The molecular formula is C17H32N2O2. The number of hydrogen-bond acceptors (Lipinski definition) is 3. The summed E-state index contributed by atoms with van der Waals surface area (Å²) in [7, 11) is 0. The minimum Gasteiger partial charge on any atom is -0.480 e. The van der Waals surface area contributed by atoms with Crippen LogP contribution in [0.3, 0.4) is 0 Å². The molecule has 0 aromatic rings. The molecule has 1 atom stereocenters. The average molecular weight is 296 g/mol. The Kier molecular flexibility index (Phi) is 7.51. The summed E-state index contributed by atoms with van der Waals surface area (Å²) in [5, 5.41) is 12.7. The van der Waals surface area contributed by atoms with E-state index in [2.05, 4.69) is 10.2 Å². The quantitative estimate of drug-likeness (QED) is 0.822. The number of rotatable bonds is 2. The van der Waals surface area contributed by atoms with Gasteiger partial charge in [0.05, 0.1) is 0 Å². The Morgan fingerprint density at radius 3 is 1.95 bits per heavy atom. The molecule has 1 saturated carbocycles. The Morgan fingerprint density at radius 2 is 1.43 bits per heavy atom. The molecule has 0 bridgehead atoms. The summed E-state index contributed by atoms with van der Waals surface area (Å²) >= 11 is 0. The molecule has 1 unspecified atom stereocenters. The molecule has 1 heterocycles. The monoisotopic (exact) mass is 296 g/mol. The van der Waals surface area contributed by atoms with Crippen molar-refractivity contribution < 1.29 is 9.90 Å².